The largest absolute Gasteiger partial charge is 0.387 e. The number of aromatic nitrogens is 1. The Hall–Kier alpha value is -3.44. The van der Waals surface area contributed by atoms with E-state index in [2.05, 4.69) is 4.98 Å². The minimum Gasteiger partial charge on any atom is -0.387 e. The molecule has 0 saturated heterocycles. The maximum atomic E-state index is 11.2. The molecule has 0 bridgehead atoms. The molecule has 134 valence electrons. The van der Waals surface area contributed by atoms with Crippen LogP contribution in [0, 0.1) is 10.1 Å². The molecule has 0 unspecified atom stereocenters. The second kappa shape index (κ2) is 7.05. The van der Waals surface area contributed by atoms with Gasteiger partial charge in [0.2, 0.25) is 0 Å². The molecule has 0 fully saturated rings. The summed E-state index contributed by atoms with van der Waals surface area (Å²) < 4.78 is 0. The zero-order valence-corrected chi connectivity index (χ0v) is 14.4. The van der Waals surface area contributed by atoms with Crippen LogP contribution in [0.15, 0.2) is 85.1 Å². The van der Waals surface area contributed by atoms with Crippen LogP contribution < -0.4 is 0 Å². The van der Waals surface area contributed by atoms with E-state index in [0.29, 0.717) is 0 Å². The highest BCUT2D eigenvalue weighted by molar-refractivity contribution is 5.86. The van der Waals surface area contributed by atoms with Crippen LogP contribution in [0.4, 0.5) is 5.69 Å². The SMILES string of the molecule is O=[N+]([O-])c1ccc2[nH]cc([C@@H](c3ccccc3)[C@@H](O)c3ccccc3)c2c1. The molecule has 0 spiro atoms. The van der Waals surface area contributed by atoms with Crippen LogP contribution in [0.3, 0.4) is 0 Å². The van der Waals surface area contributed by atoms with E-state index in [1.165, 1.54) is 6.07 Å². The molecule has 3 aromatic carbocycles. The third kappa shape index (κ3) is 3.20. The Labute approximate surface area is 156 Å². The van der Waals surface area contributed by atoms with Gasteiger partial charge in [0.15, 0.2) is 0 Å². The number of rotatable bonds is 5. The lowest BCUT2D eigenvalue weighted by Gasteiger charge is -2.24. The van der Waals surface area contributed by atoms with Crippen molar-refractivity contribution >= 4 is 16.6 Å². The first-order chi connectivity index (χ1) is 13.1. The number of nitrogens with one attached hydrogen (secondary N) is 1. The average Bonchev–Trinajstić information content (AvgIpc) is 3.12. The number of hydrogen-bond acceptors (Lipinski definition) is 3. The topological polar surface area (TPSA) is 79.2 Å². The van der Waals surface area contributed by atoms with E-state index in [-0.39, 0.29) is 11.6 Å². The molecule has 0 saturated carbocycles. The number of hydrogen-bond donors (Lipinski definition) is 2. The van der Waals surface area contributed by atoms with Crippen molar-refractivity contribution in [3.8, 4) is 0 Å². The van der Waals surface area contributed by atoms with Gasteiger partial charge in [0.05, 0.1) is 11.0 Å². The Morgan fingerprint density at radius 2 is 1.52 bits per heavy atom. The van der Waals surface area contributed by atoms with E-state index in [9.17, 15) is 15.2 Å². The highest BCUT2D eigenvalue weighted by Crippen LogP contribution is 2.40. The molecule has 2 atom stereocenters. The van der Waals surface area contributed by atoms with Crippen LogP contribution in [0.2, 0.25) is 0 Å². The summed E-state index contributed by atoms with van der Waals surface area (Å²) in [7, 11) is 0. The molecule has 4 aromatic rings. The Kier molecular flexibility index (Phi) is 4.44. The number of aromatic amines is 1. The van der Waals surface area contributed by atoms with Gasteiger partial charge < -0.3 is 10.1 Å². The van der Waals surface area contributed by atoms with E-state index in [0.717, 1.165) is 27.6 Å². The standard InChI is InChI=1S/C22H18N2O3/c25-22(16-9-5-2-6-10-16)21(15-7-3-1-4-8-15)19-14-23-20-12-11-17(24(26)27)13-18(19)20/h1-14,21-23,25H/t21-,22+/m1/s1. The molecule has 4 rings (SSSR count). The first-order valence-electron chi connectivity index (χ1n) is 8.68. The monoisotopic (exact) mass is 358 g/mol. The highest BCUT2D eigenvalue weighted by Gasteiger charge is 2.27. The summed E-state index contributed by atoms with van der Waals surface area (Å²) in [4.78, 5) is 14.0. The summed E-state index contributed by atoms with van der Waals surface area (Å²) in [5.74, 6) is -0.357. The van der Waals surface area contributed by atoms with Crippen LogP contribution in [0.1, 0.15) is 28.7 Å². The molecule has 27 heavy (non-hydrogen) atoms. The Morgan fingerprint density at radius 3 is 2.15 bits per heavy atom. The van der Waals surface area contributed by atoms with Crippen molar-refractivity contribution in [2.75, 3.05) is 0 Å². The van der Waals surface area contributed by atoms with E-state index in [1.807, 2.05) is 66.9 Å². The van der Waals surface area contributed by atoms with Crippen molar-refractivity contribution in [2.24, 2.45) is 0 Å². The summed E-state index contributed by atoms with van der Waals surface area (Å²) >= 11 is 0. The van der Waals surface area contributed by atoms with Gasteiger partial charge in [-0.3, -0.25) is 10.1 Å². The van der Waals surface area contributed by atoms with E-state index in [4.69, 9.17) is 0 Å². The number of H-pyrrole nitrogens is 1. The van der Waals surface area contributed by atoms with Crippen molar-refractivity contribution in [1.82, 2.24) is 4.98 Å². The van der Waals surface area contributed by atoms with Crippen LogP contribution in [-0.4, -0.2) is 15.0 Å². The lowest BCUT2D eigenvalue weighted by Crippen LogP contribution is -2.12. The number of aliphatic hydroxyl groups excluding tert-OH is 1. The lowest BCUT2D eigenvalue weighted by atomic mass is 9.83. The first-order valence-corrected chi connectivity index (χ1v) is 8.68. The summed E-state index contributed by atoms with van der Waals surface area (Å²) in [6.45, 7) is 0. The zero-order chi connectivity index (χ0) is 18.8. The van der Waals surface area contributed by atoms with Gasteiger partial charge in [-0.1, -0.05) is 60.7 Å². The molecule has 0 aliphatic heterocycles. The van der Waals surface area contributed by atoms with Crippen LogP contribution in [0.25, 0.3) is 10.9 Å². The Balaban J connectivity index is 1.90. The number of aliphatic hydroxyl groups is 1. The predicted octanol–water partition coefficient (Wildman–Crippen LogP) is 4.94. The Bertz CT molecular complexity index is 1070. The number of fused-ring (bicyclic) bond motifs is 1. The van der Waals surface area contributed by atoms with E-state index in [1.54, 1.807) is 12.1 Å². The predicted molar refractivity (Wildman–Crippen MR) is 105 cm³/mol. The van der Waals surface area contributed by atoms with Gasteiger partial charge in [-0.05, 0) is 22.8 Å². The number of nitrogens with zero attached hydrogens (tertiary/aromatic N) is 1. The maximum absolute atomic E-state index is 11.2. The number of benzene rings is 3. The smallest absolute Gasteiger partial charge is 0.270 e. The zero-order valence-electron chi connectivity index (χ0n) is 14.4. The van der Waals surface area contributed by atoms with E-state index >= 15 is 0 Å². The van der Waals surface area contributed by atoms with Gasteiger partial charge in [0.25, 0.3) is 5.69 Å². The minimum absolute atomic E-state index is 0.0318. The molecule has 0 amide bonds. The van der Waals surface area contributed by atoms with Crippen LogP contribution in [-0.2, 0) is 0 Å². The average molecular weight is 358 g/mol. The molecular weight excluding hydrogens is 340 g/mol. The number of nitro benzene ring substituents is 1. The van der Waals surface area contributed by atoms with Crippen molar-refractivity contribution < 1.29 is 10.0 Å². The van der Waals surface area contributed by atoms with Gasteiger partial charge in [0.1, 0.15) is 0 Å². The van der Waals surface area contributed by atoms with Gasteiger partial charge in [-0.25, -0.2) is 0 Å². The fraction of sp³-hybridized carbons (Fsp3) is 0.0909. The molecule has 5 heteroatoms. The van der Waals surface area contributed by atoms with Crippen LogP contribution >= 0.6 is 0 Å². The second-order valence-corrected chi connectivity index (χ2v) is 6.47. The van der Waals surface area contributed by atoms with Crippen LogP contribution in [0.5, 0.6) is 0 Å². The second-order valence-electron chi connectivity index (χ2n) is 6.47. The van der Waals surface area contributed by atoms with Crippen molar-refractivity contribution in [3.05, 3.63) is 112 Å². The van der Waals surface area contributed by atoms with Crippen molar-refractivity contribution in [1.29, 1.82) is 0 Å². The molecule has 0 aliphatic carbocycles. The fourth-order valence-electron chi connectivity index (χ4n) is 3.54. The lowest BCUT2D eigenvalue weighted by molar-refractivity contribution is -0.384. The third-order valence-corrected chi connectivity index (χ3v) is 4.86. The quantitative estimate of drug-likeness (QED) is 0.392. The molecule has 1 aromatic heterocycles. The fourth-order valence-corrected chi connectivity index (χ4v) is 3.54. The molecule has 1 heterocycles. The summed E-state index contributed by atoms with van der Waals surface area (Å²) in [5.41, 5.74) is 3.41. The normalized spacial score (nSPS) is 13.4. The first kappa shape index (κ1) is 17.0. The highest BCUT2D eigenvalue weighted by atomic mass is 16.6. The van der Waals surface area contributed by atoms with Gasteiger partial charge >= 0.3 is 0 Å². The van der Waals surface area contributed by atoms with E-state index < -0.39 is 11.0 Å². The summed E-state index contributed by atoms with van der Waals surface area (Å²) in [5, 5.41) is 23.2. The number of non-ortho nitro benzene ring substituents is 1. The van der Waals surface area contributed by atoms with Crippen molar-refractivity contribution in [2.45, 2.75) is 12.0 Å². The minimum atomic E-state index is -0.785. The molecule has 5 nitrogen and oxygen atoms in total. The third-order valence-electron chi connectivity index (χ3n) is 4.86. The van der Waals surface area contributed by atoms with Gasteiger partial charge in [-0.15, -0.1) is 0 Å². The van der Waals surface area contributed by atoms with Gasteiger partial charge in [0, 0.05) is 35.2 Å². The maximum Gasteiger partial charge on any atom is 0.270 e. The molecule has 0 aliphatic rings. The number of nitro groups is 1. The summed E-state index contributed by atoms with van der Waals surface area (Å²) in [6, 6.07) is 23.9. The molecular formula is C22H18N2O3. The Morgan fingerprint density at radius 1 is 0.889 bits per heavy atom. The van der Waals surface area contributed by atoms with Crippen molar-refractivity contribution in [3.63, 3.8) is 0 Å². The summed E-state index contributed by atoms with van der Waals surface area (Å²) in [6.07, 6.45) is 1.05. The van der Waals surface area contributed by atoms with Gasteiger partial charge in [-0.2, -0.15) is 0 Å². The molecule has 0 radical (unpaired) electrons. The molecule has 2 N–H and O–H groups in total.